The maximum Gasteiger partial charge on any atom is -1.00 e. The predicted octanol–water partition coefficient (Wildman–Crippen LogP) is -0.0972. The van der Waals surface area contributed by atoms with Crippen molar-refractivity contribution in [3.05, 3.63) is 59.2 Å². The molecule has 1 aliphatic carbocycles. The Morgan fingerprint density at radius 1 is 1.00 bits per heavy atom. The van der Waals surface area contributed by atoms with Crippen LogP contribution in [-0.2, 0) is 22.9 Å². The molecule has 0 N–H and O–H groups in total. The Morgan fingerprint density at radius 2 is 1.67 bits per heavy atom. The van der Waals surface area contributed by atoms with Crippen molar-refractivity contribution >= 4 is 20.2 Å². The Hall–Kier alpha value is -0.566. The standard InChI is InChI=1S/C18H17.C5H11O.2ClH.Ti/c1-12-10-13(2)18(14(12)3)17-9-8-15-6-4-5-7-16(15)11-17;1-5(2,3)4-6;;;/h4-10,13H,1-3H3;4H2,1-3H3;2*1H;/q;-1;;;+3/p-2. The summed E-state index contributed by atoms with van der Waals surface area (Å²) in [5.41, 5.74) is 5.96. The minimum atomic E-state index is -0.649. The predicted molar refractivity (Wildman–Crippen MR) is 105 cm³/mol. The number of halogens is 2. The van der Waals surface area contributed by atoms with Crippen molar-refractivity contribution in [1.29, 1.82) is 0 Å². The first kappa shape index (κ1) is 24.5. The van der Waals surface area contributed by atoms with Gasteiger partial charge in [0.15, 0.2) is 0 Å². The molecule has 27 heavy (non-hydrogen) atoms. The molecule has 0 saturated carbocycles. The molecule has 0 spiro atoms. The topological polar surface area (TPSA) is 9.23 Å². The molecule has 0 bridgehead atoms. The van der Waals surface area contributed by atoms with Crippen molar-refractivity contribution in [2.24, 2.45) is 11.3 Å². The molecule has 0 aliphatic heterocycles. The van der Waals surface area contributed by atoms with Crippen molar-refractivity contribution in [1.82, 2.24) is 0 Å². The maximum absolute atomic E-state index is 6.28. The summed E-state index contributed by atoms with van der Waals surface area (Å²) in [6.07, 6.45) is 2.39. The summed E-state index contributed by atoms with van der Waals surface area (Å²) >= 11 is -0.649. The second-order valence-electron chi connectivity index (χ2n) is 8.34. The van der Waals surface area contributed by atoms with Crippen LogP contribution in [0.3, 0.4) is 0 Å². The molecule has 2 aromatic carbocycles. The molecule has 0 fully saturated rings. The number of rotatable bonds is 4. The van der Waals surface area contributed by atoms with Crippen LogP contribution in [0.1, 0.15) is 47.1 Å². The van der Waals surface area contributed by atoms with E-state index >= 15 is 0 Å². The van der Waals surface area contributed by atoms with E-state index in [1.54, 1.807) is 0 Å². The smallest absolute Gasteiger partial charge is 1.00 e. The van der Waals surface area contributed by atoms with E-state index in [9.17, 15) is 0 Å². The molecular formula is C23H28Cl2OTi. The van der Waals surface area contributed by atoms with E-state index < -0.39 is 19.5 Å². The van der Waals surface area contributed by atoms with Gasteiger partial charge in [-0.1, -0.05) is 0 Å². The minimum absolute atomic E-state index is 0. The number of fused-ring (bicyclic) bond motifs is 1. The van der Waals surface area contributed by atoms with Gasteiger partial charge in [0.1, 0.15) is 0 Å². The van der Waals surface area contributed by atoms with Gasteiger partial charge in [-0.15, -0.1) is 0 Å². The van der Waals surface area contributed by atoms with Gasteiger partial charge in [-0.2, -0.15) is 0 Å². The molecule has 1 aliphatic rings. The third-order valence-electron chi connectivity index (χ3n) is 4.85. The molecule has 1 nitrogen and oxygen atoms in total. The molecular weight excluding hydrogens is 411 g/mol. The van der Waals surface area contributed by atoms with E-state index in [0.29, 0.717) is 5.92 Å². The first-order valence-corrected chi connectivity index (χ1v) is 10.5. The van der Waals surface area contributed by atoms with E-state index in [1.807, 2.05) is 0 Å². The van der Waals surface area contributed by atoms with Crippen LogP contribution in [0.25, 0.3) is 16.3 Å². The van der Waals surface area contributed by atoms with Gasteiger partial charge in [-0.3, -0.25) is 0 Å². The van der Waals surface area contributed by atoms with Gasteiger partial charge in [0.05, 0.1) is 0 Å². The summed E-state index contributed by atoms with van der Waals surface area (Å²) in [4.78, 5) is 0. The molecule has 0 amide bonds. The van der Waals surface area contributed by atoms with Crippen molar-refractivity contribution in [2.75, 3.05) is 6.61 Å². The summed E-state index contributed by atoms with van der Waals surface area (Å²) < 4.78 is 7.73. The Labute approximate surface area is 185 Å². The second kappa shape index (κ2) is 9.76. The largest absolute Gasteiger partial charge is 1.00 e. The first-order chi connectivity index (χ1) is 11.8. The van der Waals surface area contributed by atoms with E-state index in [1.165, 1.54) is 36.9 Å². The zero-order chi connectivity index (χ0) is 18.2. The summed E-state index contributed by atoms with van der Waals surface area (Å²) in [5.74, 6) is 0.481. The van der Waals surface area contributed by atoms with Crippen molar-refractivity contribution in [2.45, 2.75) is 41.5 Å². The zero-order valence-electron chi connectivity index (χ0n) is 17.0. The molecule has 0 radical (unpaired) electrons. The maximum atomic E-state index is 6.28. The summed E-state index contributed by atoms with van der Waals surface area (Å²) in [6.45, 7) is 14.3. The second-order valence-corrected chi connectivity index (χ2v) is 9.89. The minimum Gasteiger partial charge on any atom is -1.00 e. The molecule has 1 atom stereocenters. The Kier molecular flexibility index (Phi) is 8.85. The molecule has 3 rings (SSSR count). The van der Waals surface area contributed by atoms with Gasteiger partial charge in [0.25, 0.3) is 0 Å². The van der Waals surface area contributed by atoms with Gasteiger partial charge in [-0.25, -0.2) is 0 Å². The van der Waals surface area contributed by atoms with Crippen molar-refractivity contribution in [3.8, 4) is 0 Å². The zero-order valence-corrected chi connectivity index (χ0v) is 20.1. The van der Waals surface area contributed by atoms with Crippen LogP contribution >= 0.6 is 0 Å². The van der Waals surface area contributed by atoms with Crippen LogP contribution in [0, 0.1) is 11.3 Å². The number of allylic oxidation sites excluding steroid dienone is 4. The van der Waals surface area contributed by atoms with Gasteiger partial charge >= 0.3 is 162 Å². The average Bonchev–Trinajstić information content (AvgIpc) is 2.79. The van der Waals surface area contributed by atoms with Gasteiger partial charge < -0.3 is 24.8 Å². The molecule has 4 heteroatoms. The molecule has 0 aromatic heterocycles. The SMILES string of the molecule is CC1=CC(C)C(c2ccc3ccccc3[c]2[Ti+2][O]CC(C)(C)C)=C1C.[Cl-].[Cl-]. The molecule has 144 valence electrons. The fourth-order valence-electron chi connectivity index (χ4n) is 3.52. The number of benzene rings is 2. The molecule has 0 saturated heterocycles. The van der Waals surface area contributed by atoms with Crippen LogP contribution in [0.4, 0.5) is 0 Å². The molecule has 1 unspecified atom stereocenters. The number of hydrogen-bond acceptors (Lipinski definition) is 1. The van der Waals surface area contributed by atoms with Crippen LogP contribution in [0.2, 0.25) is 0 Å². The van der Waals surface area contributed by atoms with Crippen LogP contribution in [0.15, 0.2) is 53.6 Å². The van der Waals surface area contributed by atoms with Gasteiger partial charge in [0, 0.05) is 0 Å². The van der Waals surface area contributed by atoms with E-state index in [2.05, 4.69) is 84.0 Å². The number of hydrogen-bond donors (Lipinski definition) is 0. The average molecular weight is 439 g/mol. The monoisotopic (exact) mass is 438 g/mol. The third-order valence-corrected chi connectivity index (χ3v) is 6.46. The van der Waals surface area contributed by atoms with E-state index in [4.69, 9.17) is 3.32 Å². The fourth-order valence-corrected chi connectivity index (χ4v) is 5.57. The van der Waals surface area contributed by atoms with E-state index in [-0.39, 0.29) is 30.2 Å². The van der Waals surface area contributed by atoms with E-state index in [0.717, 1.165) is 6.61 Å². The summed E-state index contributed by atoms with van der Waals surface area (Å²) in [6, 6.07) is 13.3. The first-order valence-electron chi connectivity index (χ1n) is 9.07. The van der Waals surface area contributed by atoms with Gasteiger partial charge in [-0.05, 0) is 0 Å². The van der Waals surface area contributed by atoms with Crippen LogP contribution < -0.4 is 28.7 Å². The van der Waals surface area contributed by atoms with Gasteiger partial charge in [0.2, 0.25) is 0 Å². The molecule has 0 heterocycles. The van der Waals surface area contributed by atoms with Crippen molar-refractivity contribution in [3.63, 3.8) is 0 Å². The van der Waals surface area contributed by atoms with Crippen LogP contribution in [-0.4, -0.2) is 6.61 Å². The quantitative estimate of drug-likeness (QED) is 0.606. The third kappa shape index (κ3) is 5.49. The van der Waals surface area contributed by atoms with Crippen molar-refractivity contribution < 1.29 is 47.7 Å². The Morgan fingerprint density at radius 3 is 2.26 bits per heavy atom. The summed E-state index contributed by atoms with van der Waals surface area (Å²) in [7, 11) is 0. The Balaban J connectivity index is 0.00000182. The Bertz CT molecular complexity index is 862. The normalized spacial score (nSPS) is 16.5. The summed E-state index contributed by atoms with van der Waals surface area (Å²) in [5, 5.41) is 2.68. The fraction of sp³-hybridized carbons (Fsp3) is 0.391. The molecule has 2 aromatic rings. The van der Waals surface area contributed by atoms with Crippen LogP contribution in [0.5, 0.6) is 0 Å².